The number of benzene rings is 5. The van der Waals surface area contributed by atoms with E-state index < -0.39 is 65.2 Å². The second kappa shape index (κ2) is 18.0. The molecule has 13 heteroatoms. The van der Waals surface area contributed by atoms with Crippen molar-refractivity contribution in [2.75, 3.05) is 5.75 Å². The Labute approximate surface area is 355 Å². The minimum Gasteiger partial charge on any atom is -0.451 e. The summed E-state index contributed by atoms with van der Waals surface area (Å²) in [7, 11) is 0. The molecule has 5 aromatic rings. The maximum Gasteiger partial charge on any atom is 0.356 e. The lowest BCUT2D eigenvalue weighted by Gasteiger charge is -2.49. The fraction of sp³-hybridized carbons (Fsp3) is 0.188. The van der Waals surface area contributed by atoms with Crippen LogP contribution in [0.4, 0.5) is 0 Å². The summed E-state index contributed by atoms with van der Waals surface area (Å²) in [4.78, 5) is 96.9. The first-order chi connectivity index (χ1) is 29.7. The van der Waals surface area contributed by atoms with Crippen LogP contribution in [-0.2, 0) is 33.4 Å². The molecule has 5 aromatic carbocycles. The molecule has 1 unspecified atom stereocenters. The number of nitrogens with one attached hydrogen (secondary N) is 1. The fourth-order valence-corrected chi connectivity index (χ4v) is 9.08. The average Bonchev–Trinajstić information content (AvgIpc) is 3.56. The SMILES string of the molecule is O=CC1=C(C(=O)OC(c2ccccc2)c2ccccc2)N2C(=O)[C@@H](NC(=O)CCCC(C(=O)OC(c3ccccc3)c3ccccc3)N3C(=O)c4ccccc4C3=O)[C@H]2SC1. The molecule has 1 N–H and O–H groups in total. The van der Waals surface area contributed by atoms with Crippen molar-refractivity contribution in [1.82, 2.24) is 15.1 Å². The Kier molecular flexibility index (Phi) is 12.0. The van der Waals surface area contributed by atoms with Gasteiger partial charge in [-0.15, -0.1) is 11.8 Å². The van der Waals surface area contributed by atoms with Gasteiger partial charge >= 0.3 is 11.9 Å². The van der Waals surface area contributed by atoms with Gasteiger partial charge in [-0.05, 0) is 47.2 Å². The average molecular weight is 834 g/mol. The van der Waals surface area contributed by atoms with E-state index >= 15 is 0 Å². The summed E-state index contributed by atoms with van der Waals surface area (Å²) < 4.78 is 12.2. The molecule has 3 aliphatic rings. The molecule has 1 saturated heterocycles. The molecular formula is C48H39N3O9S. The normalized spacial score (nSPS) is 17.4. The van der Waals surface area contributed by atoms with Gasteiger partial charge in [0.1, 0.15) is 29.4 Å². The predicted molar refractivity (Wildman–Crippen MR) is 224 cm³/mol. The number of amides is 4. The molecule has 3 aliphatic heterocycles. The van der Waals surface area contributed by atoms with Gasteiger partial charge in [-0.2, -0.15) is 0 Å². The molecule has 61 heavy (non-hydrogen) atoms. The van der Waals surface area contributed by atoms with Crippen molar-refractivity contribution < 1.29 is 43.0 Å². The van der Waals surface area contributed by atoms with Crippen LogP contribution < -0.4 is 5.32 Å². The Hall–Kier alpha value is -7.12. The fourth-order valence-electron chi connectivity index (χ4n) is 7.79. The molecule has 1 fully saturated rings. The molecule has 0 saturated carbocycles. The molecule has 12 nitrogen and oxygen atoms in total. The van der Waals surface area contributed by atoms with Gasteiger partial charge in [0.05, 0.1) is 11.1 Å². The Morgan fingerprint density at radius 1 is 0.672 bits per heavy atom. The maximum atomic E-state index is 14.2. The van der Waals surface area contributed by atoms with Gasteiger partial charge in [0.2, 0.25) is 5.91 Å². The number of thioether (sulfide) groups is 1. The number of imide groups is 1. The lowest BCUT2D eigenvalue weighted by atomic mass is 10.0. The van der Waals surface area contributed by atoms with E-state index in [0.717, 1.165) is 4.90 Å². The third-order valence-corrected chi connectivity index (χ3v) is 12.1. The van der Waals surface area contributed by atoms with E-state index in [0.29, 0.717) is 28.5 Å². The highest BCUT2D eigenvalue weighted by Gasteiger charge is 2.55. The summed E-state index contributed by atoms with van der Waals surface area (Å²) in [6.45, 7) is 0. The molecular weight excluding hydrogens is 795 g/mol. The number of carbonyl (C=O) groups excluding carboxylic acids is 7. The number of β-lactam (4-membered cyclic amide) rings is 1. The zero-order chi connectivity index (χ0) is 42.5. The van der Waals surface area contributed by atoms with Crippen molar-refractivity contribution in [3.8, 4) is 0 Å². The largest absolute Gasteiger partial charge is 0.451 e. The molecule has 0 radical (unpaired) electrons. The number of fused-ring (bicyclic) bond motifs is 2. The number of hydrogen-bond donors (Lipinski definition) is 1. The van der Waals surface area contributed by atoms with E-state index in [9.17, 15) is 33.6 Å². The van der Waals surface area contributed by atoms with E-state index in [2.05, 4.69) is 5.32 Å². The van der Waals surface area contributed by atoms with Crippen molar-refractivity contribution in [2.45, 2.75) is 48.9 Å². The minimum atomic E-state index is -1.37. The smallest absolute Gasteiger partial charge is 0.356 e. The quantitative estimate of drug-likeness (QED) is 0.0547. The monoisotopic (exact) mass is 833 g/mol. The van der Waals surface area contributed by atoms with Gasteiger partial charge < -0.3 is 14.8 Å². The molecule has 0 spiro atoms. The summed E-state index contributed by atoms with van der Waals surface area (Å²) in [5, 5.41) is 2.06. The zero-order valence-corrected chi connectivity index (χ0v) is 33.4. The third-order valence-electron chi connectivity index (χ3n) is 10.8. The van der Waals surface area contributed by atoms with Crippen molar-refractivity contribution in [3.63, 3.8) is 0 Å². The van der Waals surface area contributed by atoms with Gasteiger partial charge in [0, 0.05) is 17.7 Å². The van der Waals surface area contributed by atoms with Gasteiger partial charge in [0.25, 0.3) is 17.7 Å². The van der Waals surface area contributed by atoms with E-state index in [1.165, 1.54) is 28.8 Å². The molecule has 8 rings (SSSR count). The lowest BCUT2D eigenvalue weighted by Crippen LogP contribution is -2.70. The van der Waals surface area contributed by atoms with Crippen molar-refractivity contribution in [2.24, 2.45) is 0 Å². The minimum absolute atomic E-state index is 0.0376. The van der Waals surface area contributed by atoms with E-state index in [1.54, 1.807) is 12.1 Å². The number of nitrogens with zero attached hydrogens (tertiary/aromatic N) is 2. The summed E-state index contributed by atoms with van der Waals surface area (Å²) in [6, 6.07) is 40.3. The predicted octanol–water partition coefficient (Wildman–Crippen LogP) is 6.34. The number of hydrogen-bond acceptors (Lipinski definition) is 10. The summed E-state index contributed by atoms with van der Waals surface area (Å²) in [6.07, 6.45) is -1.38. The highest BCUT2D eigenvalue weighted by molar-refractivity contribution is 8.00. The molecule has 0 bridgehead atoms. The van der Waals surface area contributed by atoms with Crippen LogP contribution in [0.1, 0.15) is 74.4 Å². The number of aldehydes is 1. The van der Waals surface area contributed by atoms with Crippen molar-refractivity contribution in [1.29, 1.82) is 0 Å². The summed E-state index contributed by atoms with van der Waals surface area (Å²) in [5.74, 6) is -3.98. The number of carbonyl (C=O) groups is 7. The van der Waals surface area contributed by atoms with E-state index in [4.69, 9.17) is 9.47 Å². The second-order valence-corrected chi connectivity index (χ2v) is 15.7. The second-order valence-electron chi connectivity index (χ2n) is 14.6. The molecule has 0 aliphatic carbocycles. The van der Waals surface area contributed by atoms with Crippen LogP contribution in [-0.4, -0.2) is 74.9 Å². The topological polar surface area (TPSA) is 156 Å². The Morgan fingerprint density at radius 2 is 1.13 bits per heavy atom. The first-order valence-corrected chi connectivity index (χ1v) is 20.8. The number of ether oxygens (including phenoxy) is 2. The molecule has 0 aromatic heterocycles. The third kappa shape index (κ3) is 8.24. The van der Waals surface area contributed by atoms with Crippen LogP contribution in [0.25, 0.3) is 0 Å². The van der Waals surface area contributed by atoms with Crippen LogP contribution in [0.15, 0.2) is 157 Å². The Morgan fingerprint density at radius 3 is 1.61 bits per heavy atom. The number of rotatable bonds is 15. The van der Waals surface area contributed by atoms with Crippen LogP contribution in [0.2, 0.25) is 0 Å². The molecule has 3 atom stereocenters. The highest BCUT2D eigenvalue weighted by Crippen LogP contribution is 2.41. The lowest BCUT2D eigenvalue weighted by molar-refractivity contribution is -0.155. The Bertz CT molecular complexity index is 2400. The Balaban J connectivity index is 0.957. The van der Waals surface area contributed by atoms with Crippen LogP contribution in [0, 0.1) is 0 Å². The molecule has 306 valence electrons. The molecule has 3 heterocycles. The first kappa shape index (κ1) is 40.7. The van der Waals surface area contributed by atoms with Gasteiger partial charge in [-0.1, -0.05) is 133 Å². The molecule has 4 amide bonds. The van der Waals surface area contributed by atoms with E-state index in [-0.39, 0.29) is 47.4 Å². The standard InChI is InChI=1S/C48H39N3O9S/c52-28-34-29-61-46-39(45(56)51(46)40(34)48(58)60-42(32-20-9-3-10-21-32)33-22-11-4-12-23-33)49-38(53)27-15-26-37(50-43(54)35-24-13-14-25-36(35)44(50)55)47(57)59-41(30-16-5-1-6-17-30)31-18-7-2-8-19-31/h1-14,16-25,28,37,39,41-42,46H,15,26-27,29H2,(H,49,53)/t37?,39-,46-/m1/s1. The number of esters is 2. The summed E-state index contributed by atoms with van der Waals surface area (Å²) in [5.41, 5.74) is 3.01. The van der Waals surface area contributed by atoms with Crippen LogP contribution in [0.3, 0.4) is 0 Å². The summed E-state index contributed by atoms with van der Waals surface area (Å²) >= 11 is 1.23. The van der Waals surface area contributed by atoms with Crippen molar-refractivity contribution in [3.05, 3.63) is 190 Å². The highest BCUT2D eigenvalue weighted by atomic mass is 32.2. The van der Waals surface area contributed by atoms with Crippen LogP contribution >= 0.6 is 11.8 Å². The zero-order valence-electron chi connectivity index (χ0n) is 32.6. The van der Waals surface area contributed by atoms with Gasteiger partial charge in [-0.3, -0.25) is 33.8 Å². The van der Waals surface area contributed by atoms with Gasteiger partial charge in [0.15, 0.2) is 12.2 Å². The van der Waals surface area contributed by atoms with Crippen LogP contribution in [0.5, 0.6) is 0 Å². The maximum absolute atomic E-state index is 14.2. The van der Waals surface area contributed by atoms with Crippen molar-refractivity contribution >= 4 is 53.6 Å². The van der Waals surface area contributed by atoms with E-state index in [1.807, 2.05) is 121 Å². The first-order valence-electron chi connectivity index (χ1n) is 19.8. The van der Waals surface area contributed by atoms with Gasteiger partial charge in [-0.25, -0.2) is 9.59 Å².